The molecule has 0 amide bonds. The van der Waals surface area contributed by atoms with Crippen molar-refractivity contribution in [3.8, 4) is 0 Å². The number of rotatable bonds is 13. The second-order valence-electron chi connectivity index (χ2n) is 9.17. The van der Waals surface area contributed by atoms with Crippen LogP contribution in [0.15, 0.2) is 73.4 Å². The van der Waals surface area contributed by atoms with Gasteiger partial charge in [-0.2, -0.15) is 12.6 Å². The largest absolute Gasteiger partial charge is 0.478 e. The Morgan fingerprint density at radius 2 is 1.45 bits per heavy atom. The summed E-state index contributed by atoms with van der Waals surface area (Å²) in [6.07, 6.45) is 7.44. The van der Waals surface area contributed by atoms with Gasteiger partial charge in [0.1, 0.15) is 0 Å². The Morgan fingerprint density at radius 1 is 0.929 bits per heavy atom. The lowest BCUT2D eigenvalue weighted by molar-refractivity contribution is -0.143. The molecule has 1 aromatic carbocycles. The Hall–Kier alpha value is -3.59. The number of carboxylic acids is 2. The average molecular weight is 609 g/mol. The van der Waals surface area contributed by atoms with Crippen molar-refractivity contribution < 1.29 is 38.9 Å². The molecule has 0 aliphatic heterocycles. The predicted octanol–water partition coefficient (Wildman–Crippen LogP) is 7.82. The molecule has 42 heavy (non-hydrogen) atoms. The zero-order chi connectivity index (χ0) is 33.5. The van der Waals surface area contributed by atoms with Crippen molar-refractivity contribution in [2.75, 3.05) is 19.5 Å². The van der Waals surface area contributed by atoms with Crippen molar-refractivity contribution in [1.29, 1.82) is 0 Å². The molecule has 0 bridgehead atoms. The Morgan fingerprint density at radius 3 is 1.71 bits per heavy atom. The number of carboxylic acid groups (broad SMARTS) is 2. The number of benzene rings is 1. The molecule has 0 aromatic heterocycles. The molecular weight excluding hydrogens is 556 g/mol. The van der Waals surface area contributed by atoms with Crippen LogP contribution in [0.5, 0.6) is 0 Å². The highest BCUT2D eigenvalue weighted by atomic mass is 32.1. The first-order valence-corrected chi connectivity index (χ1v) is 14.2. The highest BCUT2D eigenvalue weighted by Gasteiger charge is 2.00. The number of aliphatic carboxylic acids is 2. The summed E-state index contributed by atoms with van der Waals surface area (Å²) in [6, 6.07) is 10.0. The summed E-state index contributed by atoms with van der Waals surface area (Å²) in [5.41, 5.74) is 2.05. The first-order valence-electron chi connectivity index (χ1n) is 13.6. The molecular formula is C33H52O8S. The van der Waals surface area contributed by atoms with Crippen molar-refractivity contribution in [2.24, 2.45) is 5.92 Å². The van der Waals surface area contributed by atoms with E-state index in [0.29, 0.717) is 30.8 Å². The molecule has 1 rings (SSSR count). The van der Waals surface area contributed by atoms with E-state index < -0.39 is 11.9 Å². The summed E-state index contributed by atoms with van der Waals surface area (Å²) in [4.78, 5) is 40.5. The third-order valence-electron chi connectivity index (χ3n) is 4.67. The topological polar surface area (TPSA) is 127 Å². The molecule has 0 heterocycles. The predicted molar refractivity (Wildman–Crippen MR) is 176 cm³/mol. The van der Waals surface area contributed by atoms with Crippen LogP contribution in [0, 0.1) is 5.92 Å². The van der Waals surface area contributed by atoms with Crippen molar-refractivity contribution >= 4 is 42.6 Å². The Kier molecular flexibility index (Phi) is 34.5. The fourth-order valence-corrected chi connectivity index (χ4v) is 2.28. The number of hydrogen-bond donors (Lipinski definition) is 3. The standard InChI is InChI=1S/C11H22O2S.C8H8.2C5H8O2.C4H6O2/c1-10(2)6-4-3-5-8-13-11(12)7-9-14;1-2-8-6-4-3-5-7-8;1-4(2)5(6)7-3;1-3-4(2)5(6)7;1-3(2)4(5)6/h10,14H,3-9H2,1-2H3;2-7H,1H2;1H2,2-3H3;2-3H2,1H3,(H,6,7);1H2,2H3,(H,5,6). The second-order valence-corrected chi connectivity index (χ2v) is 9.62. The van der Waals surface area contributed by atoms with Gasteiger partial charge in [0, 0.05) is 22.5 Å². The number of thiol groups is 1. The van der Waals surface area contributed by atoms with Gasteiger partial charge in [-0.25, -0.2) is 14.4 Å². The monoisotopic (exact) mass is 608 g/mol. The maximum atomic E-state index is 10.9. The highest BCUT2D eigenvalue weighted by Crippen LogP contribution is 2.08. The van der Waals surface area contributed by atoms with E-state index in [1.54, 1.807) is 13.8 Å². The SMILES string of the molecule is C=C(C)C(=O)O.C=C(C)C(=O)OC.C=C(CC)C(=O)O.C=Cc1ccccc1.CC(C)CCCCCOC(=O)CCS. The molecule has 1 aromatic rings. The van der Waals surface area contributed by atoms with Gasteiger partial charge in [-0.3, -0.25) is 4.79 Å². The number of hydrogen-bond acceptors (Lipinski definition) is 7. The number of carbonyl (C=O) groups excluding carboxylic acids is 2. The van der Waals surface area contributed by atoms with E-state index in [-0.39, 0.29) is 23.1 Å². The lowest BCUT2D eigenvalue weighted by Gasteiger charge is -2.05. The third-order valence-corrected chi connectivity index (χ3v) is 4.89. The van der Waals surface area contributed by atoms with Crippen molar-refractivity contribution in [3.05, 3.63) is 78.9 Å². The normalized spacial score (nSPS) is 8.86. The minimum atomic E-state index is -0.935. The van der Waals surface area contributed by atoms with Gasteiger partial charge in [-0.1, -0.05) is 103 Å². The van der Waals surface area contributed by atoms with Crippen molar-refractivity contribution in [3.63, 3.8) is 0 Å². The van der Waals surface area contributed by atoms with E-state index in [9.17, 15) is 19.2 Å². The van der Waals surface area contributed by atoms with E-state index in [2.05, 4.69) is 57.5 Å². The minimum Gasteiger partial charge on any atom is -0.478 e. The van der Waals surface area contributed by atoms with Crippen LogP contribution in [0.4, 0.5) is 0 Å². The number of ether oxygens (including phenoxy) is 2. The summed E-state index contributed by atoms with van der Waals surface area (Å²) >= 11 is 3.96. The van der Waals surface area contributed by atoms with Crippen LogP contribution in [0.3, 0.4) is 0 Å². The zero-order valence-electron chi connectivity index (χ0n) is 26.3. The lowest BCUT2D eigenvalue weighted by atomic mass is 10.1. The van der Waals surface area contributed by atoms with Gasteiger partial charge < -0.3 is 19.7 Å². The van der Waals surface area contributed by atoms with E-state index in [4.69, 9.17) is 14.9 Å². The molecule has 0 saturated heterocycles. The van der Waals surface area contributed by atoms with Crippen LogP contribution in [-0.2, 0) is 28.7 Å². The molecule has 0 fully saturated rings. The molecule has 0 aliphatic rings. The van der Waals surface area contributed by atoms with Gasteiger partial charge in [0.2, 0.25) is 0 Å². The Bertz CT molecular complexity index is 899. The van der Waals surface area contributed by atoms with Crippen LogP contribution in [0.1, 0.15) is 78.7 Å². The second kappa shape index (κ2) is 31.9. The number of carbonyl (C=O) groups is 4. The van der Waals surface area contributed by atoms with Crippen LogP contribution in [0.2, 0.25) is 0 Å². The summed E-state index contributed by atoms with van der Waals surface area (Å²) in [6.45, 7) is 23.3. The summed E-state index contributed by atoms with van der Waals surface area (Å²) in [7, 11) is 1.33. The van der Waals surface area contributed by atoms with Crippen LogP contribution in [-0.4, -0.2) is 53.6 Å². The Balaban J connectivity index is -0.000000224. The maximum absolute atomic E-state index is 10.9. The lowest BCUT2D eigenvalue weighted by Crippen LogP contribution is -2.06. The molecule has 0 saturated carbocycles. The average Bonchev–Trinajstić information content (AvgIpc) is 2.95. The van der Waals surface area contributed by atoms with E-state index in [1.807, 2.05) is 36.4 Å². The molecule has 0 spiro atoms. The van der Waals surface area contributed by atoms with Crippen LogP contribution < -0.4 is 0 Å². The smallest absolute Gasteiger partial charge is 0.332 e. The highest BCUT2D eigenvalue weighted by molar-refractivity contribution is 7.80. The molecule has 0 unspecified atom stereocenters. The van der Waals surface area contributed by atoms with Gasteiger partial charge >= 0.3 is 23.9 Å². The van der Waals surface area contributed by atoms with Gasteiger partial charge in [0.25, 0.3) is 0 Å². The minimum absolute atomic E-state index is 0.121. The molecule has 238 valence electrons. The van der Waals surface area contributed by atoms with Crippen LogP contribution >= 0.6 is 12.6 Å². The van der Waals surface area contributed by atoms with Crippen molar-refractivity contribution in [1.82, 2.24) is 0 Å². The quantitative estimate of drug-likeness (QED) is 0.0895. The maximum Gasteiger partial charge on any atom is 0.332 e. The molecule has 0 radical (unpaired) electrons. The molecule has 8 nitrogen and oxygen atoms in total. The fourth-order valence-electron chi connectivity index (χ4n) is 2.10. The van der Waals surface area contributed by atoms with Gasteiger partial charge in [0.15, 0.2) is 0 Å². The van der Waals surface area contributed by atoms with Gasteiger partial charge in [-0.15, -0.1) is 0 Å². The molecule has 2 N–H and O–H groups in total. The van der Waals surface area contributed by atoms with Crippen molar-refractivity contribution in [2.45, 2.75) is 73.1 Å². The molecule has 0 aliphatic carbocycles. The third kappa shape index (κ3) is 38.6. The summed E-state index contributed by atoms with van der Waals surface area (Å²) in [5, 5.41) is 16.0. The number of methoxy groups -OCH3 is 1. The summed E-state index contributed by atoms with van der Waals surface area (Å²) in [5.74, 6) is -0.949. The number of esters is 2. The zero-order valence-corrected chi connectivity index (χ0v) is 27.2. The first kappa shape index (κ1) is 45.4. The fraction of sp³-hybridized carbons (Fsp3) is 0.455. The Labute approximate surface area is 258 Å². The van der Waals surface area contributed by atoms with E-state index in [1.165, 1.54) is 32.4 Å². The van der Waals surface area contributed by atoms with Gasteiger partial charge in [0.05, 0.1) is 20.1 Å². The summed E-state index contributed by atoms with van der Waals surface area (Å²) < 4.78 is 9.27. The first-order chi connectivity index (χ1) is 19.6. The van der Waals surface area contributed by atoms with E-state index in [0.717, 1.165) is 18.8 Å². The van der Waals surface area contributed by atoms with Crippen LogP contribution in [0.25, 0.3) is 6.08 Å². The molecule has 9 heteroatoms. The molecule has 0 atom stereocenters. The van der Waals surface area contributed by atoms with Gasteiger partial charge in [-0.05, 0) is 38.2 Å². The van der Waals surface area contributed by atoms with E-state index >= 15 is 0 Å². The number of unbranched alkanes of at least 4 members (excludes halogenated alkanes) is 2.